The zero-order valence-corrected chi connectivity index (χ0v) is 12.8. The zero-order chi connectivity index (χ0) is 15.2. The number of hydrogen-bond donors (Lipinski definition) is 2. The highest BCUT2D eigenvalue weighted by atomic mass is 32.1. The van der Waals surface area contributed by atoms with Crippen molar-refractivity contribution in [3.8, 4) is 0 Å². The van der Waals surface area contributed by atoms with Gasteiger partial charge in [-0.05, 0) is 43.6 Å². The highest BCUT2D eigenvalue weighted by molar-refractivity contribution is 7.80. The number of thiocarbonyl (C=S) groups is 1. The number of anilines is 1. The first-order valence-electron chi connectivity index (χ1n) is 7.05. The number of likely N-dealkylation sites (tertiary alicyclic amines) is 1. The first kappa shape index (κ1) is 15.4. The summed E-state index contributed by atoms with van der Waals surface area (Å²) < 4.78 is 0. The first-order chi connectivity index (χ1) is 10.1. The fourth-order valence-corrected chi connectivity index (χ4v) is 2.61. The van der Waals surface area contributed by atoms with Crippen LogP contribution in [0.2, 0.25) is 0 Å². The largest absolute Gasteiger partial charge is 0.339 e. The average molecular weight is 305 g/mol. The van der Waals surface area contributed by atoms with Gasteiger partial charge in [-0.1, -0.05) is 12.1 Å². The molecule has 0 aromatic heterocycles. The topological polar surface area (TPSA) is 61.4 Å². The molecule has 5 nitrogen and oxygen atoms in total. The molecular formula is C15H19N3O2S. The van der Waals surface area contributed by atoms with E-state index in [4.69, 9.17) is 12.2 Å². The summed E-state index contributed by atoms with van der Waals surface area (Å²) in [7, 11) is 0. The van der Waals surface area contributed by atoms with Crippen molar-refractivity contribution in [2.24, 2.45) is 0 Å². The van der Waals surface area contributed by atoms with E-state index < -0.39 is 0 Å². The monoisotopic (exact) mass is 305 g/mol. The molecule has 0 bridgehead atoms. The normalized spacial score (nSPS) is 14.4. The third-order valence-corrected chi connectivity index (χ3v) is 3.54. The molecule has 2 amide bonds. The molecule has 1 heterocycles. The Kier molecular flexibility index (Phi) is 5.27. The molecule has 2 rings (SSSR count). The predicted octanol–water partition coefficient (Wildman–Crippen LogP) is 2.15. The Labute approximate surface area is 129 Å². The van der Waals surface area contributed by atoms with Crippen molar-refractivity contribution in [3.05, 3.63) is 29.8 Å². The van der Waals surface area contributed by atoms with Gasteiger partial charge in [-0.15, -0.1) is 0 Å². The van der Waals surface area contributed by atoms with Gasteiger partial charge in [0.1, 0.15) is 0 Å². The van der Waals surface area contributed by atoms with E-state index in [-0.39, 0.29) is 16.9 Å². The lowest BCUT2D eigenvalue weighted by Gasteiger charge is -2.27. The fourth-order valence-electron chi connectivity index (χ4n) is 2.36. The average Bonchev–Trinajstić information content (AvgIpc) is 2.47. The maximum Gasteiger partial charge on any atom is 0.255 e. The minimum Gasteiger partial charge on any atom is -0.339 e. The summed E-state index contributed by atoms with van der Waals surface area (Å²) in [5.74, 6) is -0.240. The number of benzene rings is 1. The molecular weight excluding hydrogens is 286 g/mol. The van der Waals surface area contributed by atoms with Crippen molar-refractivity contribution >= 4 is 34.8 Å². The molecule has 0 radical (unpaired) electrons. The molecule has 112 valence electrons. The summed E-state index contributed by atoms with van der Waals surface area (Å²) in [4.78, 5) is 25.4. The van der Waals surface area contributed by atoms with Crippen LogP contribution in [0.25, 0.3) is 0 Å². The Morgan fingerprint density at radius 3 is 2.48 bits per heavy atom. The highest BCUT2D eigenvalue weighted by Gasteiger charge is 2.20. The summed E-state index contributed by atoms with van der Waals surface area (Å²) in [6.07, 6.45) is 3.27. The molecule has 0 aliphatic carbocycles. The maximum absolute atomic E-state index is 12.6. The molecule has 21 heavy (non-hydrogen) atoms. The van der Waals surface area contributed by atoms with Crippen LogP contribution in [0.1, 0.15) is 36.5 Å². The number of piperidine rings is 1. The van der Waals surface area contributed by atoms with Crippen LogP contribution in [0.15, 0.2) is 24.3 Å². The van der Waals surface area contributed by atoms with E-state index in [0.717, 1.165) is 25.9 Å². The molecule has 1 aromatic carbocycles. The van der Waals surface area contributed by atoms with E-state index in [2.05, 4.69) is 10.6 Å². The highest BCUT2D eigenvalue weighted by Crippen LogP contribution is 2.19. The molecule has 1 aromatic rings. The Hall–Kier alpha value is -1.95. The number of amides is 2. The van der Waals surface area contributed by atoms with E-state index >= 15 is 0 Å². The molecule has 0 spiro atoms. The Balaban J connectivity index is 2.14. The fraction of sp³-hybridized carbons (Fsp3) is 0.400. The summed E-state index contributed by atoms with van der Waals surface area (Å²) in [6.45, 7) is 2.98. The van der Waals surface area contributed by atoms with Gasteiger partial charge >= 0.3 is 0 Å². The molecule has 1 aliphatic rings. The van der Waals surface area contributed by atoms with Crippen LogP contribution in [0.4, 0.5) is 5.69 Å². The third-order valence-electron chi connectivity index (χ3n) is 3.34. The van der Waals surface area contributed by atoms with Gasteiger partial charge in [-0.2, -0.15) is 0 Å². The summed E-state index contributed by atoms with van der Waals surface area (Å²) in [5, 5.41) is 5.60. The third kappa shape index (κ3) is 4.26. The van der Waals surface area contributed by atoms with Crippen molar-refractivity contribution in [1.82, 2.24) is 10.2 Å². The SMILES string of the molecule is CC(=O)NC(=S)Nc1ccccc1C(=O)N1CCCCC1. The minimum atomic E-state index is -0.243. The number of carbonyl (C=O) groups excluding carboxylic acids is 2. The minimum absolute atomic E-state index is 0.00317. The Morgan fingerprint density at radius 1 is 1.14 bits per heavy atom. The molecule has 1 saturated heterocycles. The van der Waals surface area contributed by atoms with Gasteiger partial charge in [0.25, 0.3) is 5.91 Å². The molecule has 1 fully saturated rings. The van der Waals surface area contributed by atoms with Crippen LogP contribution in [0, 0.1) is 0 Å². The van der Waals surface area contributed by atoms with Gasteiger partial charge < -0.3 is 15.5 Å². The van der Waals surface area contributed by atoms with E-state index in [9.17, 15) is 9.59 Å². The molecule has 1 aliphatic heterocycles. The lowest BCUT2D eigenvalue weighted by molar-refractivity contribution is -0.117. The van der Waals surface area contributed by atoms with Crippen molar-refractivity contribution in [2.75, 3.05) is 18.4 Å². The van der Waals surface area contributed by atoms with Crippen LogP contribution < -0.4 is 10.6 Å². The van der Waals surface area contributed by atoms with E-state index in [0.29, 0.717) is 11.3 Å². The Morgan fingerprint density at radius 2 is 1.81 bits per heavy atom. The molecule has 6 heteroatoms. The van der Waals surface area contributed by atoms with E-state index in [1.165, 1.54) is 13.3 Å². The lowest BCUT2D eigenvalue weighted by Crippen LogP contribution is -2.37. The standard InChI is InChI=1S/C15H19N3O2S/c1-11(19)16-15(21)17-13-8-4-3-7-12(13)14(20)18-9-5-2-6-10-18/h3-4,7-8H,2,5-6,9-10H2,1H3,(H2,16,17,19,21). The second-order valence-corrected chi connectivity index (χ2v) is 5.44. The summed E-state index contributed by atoms with van der Waals surface area (Å²) >= 11 is 5.05. The van der Waals surface area contributed by atoms with Gasteiger partial charge in [0.2, 0.25) is 5.91 Å². The quantitative estimate of drug-likeness (QED) is 0.822. The van der Waals surface area contributed by atoms with Crippen LogP contribution in [-0.4, -0.2) is 34.9 Å². The summed E-state index contributed by atoms with van der Waals surface area (Å²) in [6, 6.07) is 7.20. The van der Waals surface area contributed by atoms with Crippen molar-refractivity contribution in [2.45, 2.75) is 26.2 Å². The maximum atomic E-state index is 12.6. The van der Waals surface area contributed by atoms with Crippen LogP contribution in [-0.2, 0) is 4.79 Å². The summed E-state index contributed by atoms with van der Waals surface area (Å²) in [5.41, 5.74) is 1.19. The second-order valence-electron chi connectivity index (χ2n) is 5.03. The molecule has 0 saturated carbocycles. The number of carbonyl (C=O) groups is 2. The molecule has 2 N–H and O–H groups in total. The second kappa shape index (κ2) is 7.17. The number of nitrogens with zero attached hydrogens (tertiary/aromatic N) is 1. The van der Waals surface area contributed by atoms with Crippen molar-refractivity contribution < 1.29 is 9.59 Å². The van der Waals surface area contributed by atoms with E-state index in [1.807, 2.05) is 17.0 Å². The number of para-hydroxylation sites is 1. The number of hydrogen-bond acceptors (Lipinski definition) is 3. The number of rotatable bonds is 2. The van der Waals surface area contributed by atoms with Gasteiger partial charge in [0.15, 0.2) is 5.11 Å². The molecule has 0 atom stereocenters. The molecule has 0 unspecified atom stereocenters. The van der Waals surface area contributed by atoms with Gasteiger partial charge in [0.05, 0.1) is 11.3 Å². The van der Waals surface area contributed by atoms with Crippen LogP contribution >= 0.6 is 12.2 Å². The predicted molar refractivity (Wildman–Crippen MR) is 86.2 cm³/mol. The van der Waals surface area contributed by atoms with Crippen molar-refractivity contribution in [1.29, 1.82) is 0 Å². The Bertz CT molecular complexity index is 554. The lowest BCUT2D eigenvalue weighted by atomic mass is 10.1. The van der Waals surface area contributed by atoms with Gasteiger partial charge in [-0.3, -0.25) is 9.59 Å². The van der Waals surface area contributed by atoms with Crippen LogP contribution in [0.3, 0.4) is 0 Å². The van der Waals surface area contributed by atoms with E-state index in [1.54, 1.807) is 12.1 Å². The van der Waals surface area contributed by atoms with Crippen molar-refractivity contribution in [3.63, 3.8) is 0 Å². The number of nitrogens with one attached hydrogen (secondary N) is 2. The smallest absolute Gasteiger partial charge is 0.255 e. The van der Waals surface area contributed by atoms with Gasteiger partial charge in [0, 0.05) is 20.0 Å². The first-order valence-corrected chi connectivity index (χ1v) is 7.45. The van der Waals surface area contributed by atoms with Gasteiger partial charge in [-0.25, -0.2) is 0 Å². The zero-order valence-electron chi connectivity index (χ0n) is 12.0. The van der Waals surface area contributed by atoms with Crippen LogP contribution in [0.5, 0.6) is 0 Å².